The van der Waals surface area contributed by atoms with E-state index in [0.29, 0.717) is 17.5 Å². The van der Waals surface area contributed by atoms with E-state index in [1.165, 1.54) is 51.5 Å². The van der Waals surface area contributed by atoms with Crippen LogP contribution in [-0.2, 0) is 0 Å². The van der Waals surface area contributed by atoms with E-state index in [1.807, 2.05) is 11.3 Å². The van der Waals surface area contributed by atoms with Crippen LogP contribution in [0.25, 0.3) is 96.8 Å². The largest absolute Gasteiger partial charge is 0.208 e. The Balaban J connectivity index is 1.23. The summed E-state index contributed by atoms with van der Waals surface area (Å²) in [6.07, 6.45) is 0. The first kappa shape index (κ1) is 29.0. The van der Waals surface area contributed by atoms with Crippen molar-refractivity contribution in [1.82, 2.24) is 15.0 Å². The molecule has 3 heterocycles. The second-order valence-corrected chi connectivity index (χ2v) is 14.5. The van der Waals surface area contributed by atoms with E-state index >= 15 is 0 Å². The monoisotopic (exact) mass is 673 g/mol. The van der Waals surface area contributed by atoms with Gasteiger partial charge in [0, 0.05) is 57.0 Å². The summed E-state index contributed by atoms with van der Waals surface area (Å²) in [6, 6.07) is 57.9. The molecule has 0 radical (unpaired) electrons. The third-order valence-corrected chi connectivity index (χ3v) is 11.8. The fourth-order valence-corrected chi connectivity index (χ4v) is 9.33. The summed E-state index contributed by atoms with van der Waals surface area (Å²) in [5.41, 5.74) is 7.49. The number of hydrogen-bond acceptors (Lipinski definition) is 5. The van der Waals surface area contributed by atoms with Gasteiger partial charge in [-0.25, -0.2) is 15.0 Å². The van der Waals surface area contributed by atoms with Gasteiger partial charge in [-0.2, -0.15) is 0 Å². The van der Waals surface area contributed by atoms with Crippen molar-refractivity contribution in [3.63, 3.8) is 0 Å². The first-order valence-electron chi connectivity index (χ1n) is 16.6. The molecule has 3 nitrogen and oxygen atoms in total. The summed E-state index contributed by atoms with van der Waals surface area (Å²) in [5.74, 6) is 1.98. The van der Waals surface area contributed by atoms with Crippen LogP contribution in [-0.4, -0.2) is 15.0 Å². The summed E-state index contributed by atoms with van der Waals surface area (Å²) in [4.78, 5) is 15.8. The molecule has 0 spiro atoms. The van der Waals surface area contributed by atoms with Crippen LogP contribution >= 0.6 is 22.7 Å². The summed E-state index contributed by atoms with van der Waals surface area (Å²) in [6.45, 7) is 0. The summed E-state index contributed by atoms with van der Waals surface area (Å²) >= 11 is 3.61. The van der Waals surface area contributed by atoms with Gasteiger partial charge in [0.15, 0.2) is 17.5 Å². The second-order valence-electron chi connectivity index (χ2n) is 12.4. The Morgan fingerprint density at radius 2 is 0.820 bits per heavy atom. The van der Waals surface area contributed by atoms with Crippen LogP contribution in [0.5, 0.6) is 0 Å². The minimum Gasteiger partial charge on any atom is -0.208 e. The Hall–Kier alpha value is -6.01. The maximum atomic E-state index is 5.30. The van der Waals surface area contributed by atoms with E-state index in [2.05, 4.69) is 164 Å². The number of hydrogen-bond donors (Lipinski definition) is 0. The average molecular weight is 674 g/mol. The molecule has 0 unspecified atom stereocenters. The van der Waals surface area contributed by atoms with Gasteiger partial charge in [-0.1, -0.05) is 127 Å². The molecule has 7 aromatic carbocycles. The molecule has 0 saturated carbocycles. The summed E-state index contributed by atoms with van der Waals surface area (Å²) in [5, 5.41) is 4.94. The first-order chi connectivity index (χ1) is 24.8. The number of nitrogens with zero attached hydrogens (tertiary/aromatic N) is 3. The van der Waals surface area contributed by atoms with Crippen molar-refractivity contribution in [2.75, 3.05) is 0 Å². The topological polar surface area (TPSA) is 38.7 Å². The molecule has 0 bridgehead atoms. The Kier molecular flexibility index (Phi) is 6.86. The number of rotatable bonds is 5. The molecular formula is C45H27N3S2. The molecule has 10 rings (SSSR count). The minimum atomic E-state index is 0.650. The van der Waals surface area contributed by atoms with Crippen LogP contribution in [0.4, 0.5) is 0 Å². The predicted octanol–water partition coefficient (Wildman–Crippen LogP) is 12.9. The van der Waals surface area contributed by atoms with Crippen LogP contribution in [0.3, 0.4) is 0 Å². The third kappa shape index (κ3) is 4.82. The smallest absolute Gasteiger partial charge is 0.165 e. The fourth-order valence-electron chi connectivity index (χ4n) is 7.03. The molecule has 3 aromatic heterocycles. The number of aromatic nitrogens is 3. The predicted molar refractivity (Wildman–Crippen MR) is 213 cm³/mol. The summed E-state index contributed by atoms with van der Waals surface area (Å²) < 4.78 is 4.96. The Morgan fingerprint density at radius 1 is 0.300 bits per heavy atom. The molecule has 50 heavy (non-hydrogen) atoms. The zero-order valence-electron chi connectivity index (χ0n) is 26.7. The van der Waals surface area contributed by atoms with Crippen molar-refractivity contribution < 1.29 is 0 Å². The van der Waals surface area contributed by atoms with Gasteiger partial charge < -0.3 is 0 Å². The maximum absolute atomic E-state index is 5.30. The van der Waals surface area contributed by atoms with Gasteiger partial charge in [0.2, 0.25) is 0 Å². The third-order valence-electron chi connectivity index (χ3n) is 9.39. The highest BCUT2D eigenvalue weighted by Crippen LogP contribution is 2.42. The van der Waals surface area contributed by atoms with Gasteiger partial charge in [-0.3, -0.25) is 0 Å². The molecule has 0 aliphatic rings. The lowest BCUT2D eigenvalue weighted by molar-refractivity contribution is 1.08. The molecular weight excluding hydrogens is 647 g/mol. The zero-order valence-corrected chi connectivity index (χ0v) is 28.4. The average Bonchev–Trinajstić information content (AvgIpc) is 3.76. The SMILES string of the molecule is c1ccc(-c2ccccc2-c2ccccc2-c2nc(-c3ccc4sc5ccccc5c4c3)nc(-c3cccc4c3sc3ccccc34)n2)cc1. The van der Waals surface area contributed by atoms with Crippen LogP contribution < -0.4 is 0 Å². The van der Waals surface area contributed by atoms with E-state index in [0.717, 1.165) is 27.8 Å². The lowest BCUT2D eigenvalue weighted by atomic mass is 9.91. The van der Waals surface area contributed by atoms with Crippen molar-refractivity contribution in [3.05, 3.63) is 164 Å². The lowest BCUT2D eigenvalue weighted by Gasteiger charge is -2.15. The highest BCUT2D eigenvalue weighted by atomic mass is 32.1. The van der Waals surface area contributed by atoms with E-state index in [-0.39, 0.29) is 0 Å². The van der Waals surface area contributed by atoms with Gasteiger partial charge in [0.1, 0.15) is 0 Å². The number of benzene rings is 7. The van der Waals surface area contributed by atoms with Crippen LogP contribution in [0.2, 0.25) is 0 Å². The maximum Gasteiger partial charge on any atom is 0.165 e. The Labute approximate surface area is 296 Å². The lowest BCUT2D eigenvalue weighted by Crippen LogP contribution is -2.01. The van der Waals surface area contributed by atoms with E-state index in [4.69, 9.17) is 15.0 Å². The molecule has 5 heteroatoms. The molecule has 0 amide bonds. The van der Waals surface area contributed by atoms with Crippen LogP contribution in [0.15, 0.2) is 164 Å². The molecule has 0 aliphatic carbocycles. The highest BCUT2D eigenvalue weighted by Gasteiger charge is 2.20. The van der Waals surface area contributed by atoms with Gasteiger partial charge in [0.05, 0.1) is 0 Å². The molecule has 234 valence electrons. The van der Waals surface area contributed by atoms with Crippen molar-refractivity contribution in [2.45, 2.75) is 0 Å². The van der Waals surface area contributed by atoms with Gasteiger partial charge in [-0.05, 0) is 58.7 Å². The molecule has 0 atom stereocenters. The molecule has 0 fully saturated rings. The van der Waals surface area contributed by atoms with Gasteiger partial charge in [0.25, 0.3) is 0 Å². The van der Waals surface area contributed by atoms with Crippen molar-refractivity contribution in [1.29, 1.82) is 0 Å². The molecule has 10 aromatic rings. The van der Waals surface area contributed by atoms with E-state index in [1.54, 1.807) is 11.3 Å². The fraction of sp³-hybridized carbons (Fsp3) is 0. The first-order valence-corrected chi connectivity index (χ1v) is 18.2. The normalized spacial score (nSPS) is 11.6. The summed E-state index contributed by atoms with van der Waals surface area (Å²) in [7, 11) is 0. The molecule has 0 N–H and O–H groups in total. The second kappa shape index (κ2) is 11.8. The zero-order chi connectivity index (χ0) is 33.0. The van der Waals surface area contributed by atoms with E-state index in [9.17, 15) is 0 Å². The quantitative estimate of drug-likeness (QED) is 0.182. The van der Waals surface area contributed by atoms with Gasteiger partial charge >= 0.3 is 0 Å². The highest BCUT2D eigenvalue weighted by molar-refractivity contribution is 7.26. The Morgan fingerprint density at radius 3 is 1.60 bits per heavy atom. The van der Waals surface area contributed by atoms with Gasteiger partial charge in [-0.15, -0.1) is 22.7 Å². The van der Waals surface area contributed by atoms with E-state index < -0.39 is 0 Å². The van der Waals surface area contributed by atoms with Crippen molar-refractivity contribution in [3.8, 4) is 56.4 Å². The number of fused-ring (bicyclic) bond motifs is 6. The van der Waals surface area contributed by atoms with Crippen molar-refractivity contribution in [2.24, 2.45) is 0 Å². The number of thiophene rings is 2. The standard InChI is InChI=1S/C45H27N3S2/c1-2-13-28(14-3-1)30-15-4-5-16-31(30)32-17-6-7-20-36(32)44-46-43(29-25-26-41-38(27-29)34-19-9-10-23-39(34)49-41)47-45(48-44)37-22-12-21-35-33-18-8-11-24-40(33)50-42(35)37/h1-27H. The minimum absolute atomic E-state index is 0.650. The Bertz CT molecular complexity index is 2890. The molecule has 0 aliphatic heterocycles. The van der Waals surface area contributed by atoms with Crippen molar-refractivity contribution >= 4 is 63.0 Å². The van der Waals surface area contributed by atoms with Crippen LogP contribution in [0.1, 0.15) is 0 Å². The van der Waals surface area contributed by atoms with Crippen LogP contribution in [0, 0.1) is 0 Å². The molecule has 0 saturated heterocycles.